The number of rotatable bonds is 4. The lowest BCUT2D eigenvalue weighted by Gasteiger charge is -2.10. The summed E-state index contributed by atoms with van der Waals surface area (Å²) in [4.78, 5) is 10.9. The predicted octanol–water partition coefficient (Wildman–Crippen LogP) is 3.60. The van der Waals surface area contributed by atoms with E-state index in [4.69, 9.17) is 16.7 Å². The minimum absolute atomic E-state index is 0.0545. The van der Waals surface area contributed by atoms with Crippen LogP contribution in [0.4, 0.5) is 5.69 Å². The molecule has 2 N–H and O–H groups in total. The lowest BCUT2D eigenvalue weighted by atomic mass is 10.2. The summed E-state index contributed by atoms with van der Waals surface area (Å²) in [7, 11) is -3.91. The van der Waals surface area contributed by atoms with Crippen molar-refractivity contribution in [3.05, 3.63) is 57.5 Å². The van der Waals surface area contributed by atoms with Crippen molar-refractivity contribution in [3.8, 4) is 0 Å². The molecule has 8 heteroatoms. The van der Waals surface area contributed by atoms with Gasteiger partial charge >= 0.3 is 5.97 Å². The van der Waals surface area contributed by atoms with Gasteiger partial charge in [-0.25, -0.2) is 13.2 Å². The first kappa shape index (κ1) is 15.8. The minimum Gasteiger partial charge on any atom is -0.478 e. The summed E-state index contributed by atoms with van der Waals surface area (Å²) >= 11 is 8.88. The molecule has 21 heavy (non-hydrogen) atoms. The van der Waals surface area contributed by atoms with E-state index in [-0.39, 0.29) is 20.0 Å². The molecule has 0 aliphatic rings. The van der Waals surface area contributed by atoms with Crippen molar-refractivity contribution < 1.29 is 18.3 Å². The third kappa shape index (κ3) is 3.55. The van der Waals surface area contributed by atoms with Gasteiger partial charge in [-0.15, -0.1) is 0 Å². The predicted molar refractivity (Wildman–Crippen MR) is 83.4 cm³/mol. The van der Waals surface area contributed by atoms with E-state index < -0.39 is 16.0 Å². The smallest absolute Gasteiger partial charge is 0.337 e. The van der Waals surface area contributed by atoms with Crippen LogP contribution in [0.1, 0.15) is 10.4 Å². The fraction of sp³-hybridized carbons (Fsp3) is 0. The van der Waals surface area contributed by atoms with E-state index in [9.17, 15) is 13.2 Å². The van der Waals surface area contributed by atoms with Crippen LogP contribution in [0, 0.1) is 0 Å². The number of anilines is 1. The highest BCUT2D eigenvalue weighted by atomic mass is 79.9. The number of carboxylic acids is 1. The maximum absolute atomic E-state index is 12.3. The van der Waals surface area contributed by atoms with Crippen molar-refractivity contribution in [3.63, 3.8) is 0 Å². The molecule has 110 valence electrons. The molecule has 0 radical (unpaired) electrons. The zero-order chi connectivity index (χ0) is 15.6. The maximum Gasteiger partial charge on any atom is 0.337 e. The van der Waals surface area contributed by atoms with Gasteiger partial charge in [-0.3, -0.25) is 4.72 Å². The molecule has 0 amide bonds. The van der Waals surface area contributed by atoms with Gasteiger partial charge in [0.2, 0.25) is 0 Å². The minimum atomic E-state index is -3.91. The molecule has 0 fully saturated rings. The Balaban J connectivity index is 2.48. The lowest BCUT2D eigenvalue weighted by molar-refractivity contribution is 0.0696. The number of carbonyl (C=O) groups is 1. The molecular formula is C13H9BrClNO4S. The van der Waals surface area contributed by atoms with Crippen molar-refractivity contribution in [2.24, 2.45) is 0 Å². The highest BCUT2D eigenvalue weighted by Crippen LogP contribution is 2.30. The average Bonchev–Trinajstić information content (AvgIpc) is 2.41. The van der Waals surface area contributed by atoms with Gasteiger partial charge in [0, 0.05) is 10.2 Å². The number of sulfonamides is 1. The molecule has 2 rings (SSSR count). The van der Waals surface area contributed by atoms with E-state index in [0.29, 0.717) is 5.69 Å². The van der Waals surface area contributed by atoms with Gasteiger partial charge in [0.25, 0.3) is 10.0 Å². The van der Waals surface area contributed by atoms with Crippen LogP contribution in [0.5, 0.6) is 0 Å². The normalized spacial score (nSPS) is 11.1. The first-order valence-corrected chi connectivity index (χ1v) is 8.27. The average molecular weight is 391 g/mol. The highest BCUT2D eigenvalue weighted by Gasteiger charge is 2.21. The van der Waals surface area contributed by atoms with Crippen molar-refractivity contribution in [1.29, 1.82) is 0 Å². The molecule has 0 spiro atoms. The summed E-state index contributed by atoms with van der Waals surface area (Å²) in [5.74, 6) is -1.31. The summed E-state index contributed by atoms with van der Waals surface area (Å²) < 4.78 is 27.1. The molecular weight excluding hydrogens is 382 g/mol. The first-order chi connectivity index (χ1) is 9.81. The Hall–Kier alpha value is -1.57. The van der Waals surface area contributed by atoms with Crippen molar-refractivity contribution in [2.45, 2.75) is 4.90 Å². The fourth-order valence-corrected chi connectivity index (χ4v) is 3.51. The molecule has 0 aliphatic heterocycles. The van der Waals surface area contributed by atoms with E-state index in [0.717, 1.165) is 6.07 Å². The molecule has 0 aliphatic carbocycles. The molecule has 2 aromatic rings. The van der Waals surface area contributed by atoms with Crippen LogP contribution in [0.3, 0.4) is 0 Å². The number of aromatic carboxylic acids is 1. The van der Waals surface area contributed by atoms with Crippen LogP contribution in [0.2, 0.25) is 5.02 Å². The Morgan fingerprint density at radius 2 is 1.81 bits per heavy atom. The van der Waals surface area contributed by atoms with Crippen LogP contribution in [0.15, 0.2) is 51.8 Å². The number of halogens is 2. The van der Waals surface area contributed by atoms with Crippen molar-refractivity contribution in [2.75, 3.05) is 4.72 Å². The van der Waals surface area contributed by atoms with E-state index in [2.05, 4.69) is 20.7 Å². The number of para-hydroxylation sites is 1. The van der Waals surface area contributed by atoms with Crippen molar-refractivity contribution >= 4 is 49.2 Å². The van der Waals surface area contributed by atoms with Crippen molar-refractivity contribution in [1.82, 2.24) is 0 Å². The molecule has 5 nitrogen and oxygen atoms in total. The van der Waals surface area contributed by atoms with Gasteiger partial charge in [-0.1, -0.05) is 29.8 Å². The standard InChI is InChI=1S/C13H9BrClNO4S/c14-11-7-9(6-10(12(11)15)13(17)18)21(19,20)16-8-4-2-1-3-5-8/h1-7,16H,(H,17,18). The number of hydrogen-bond donors (Lipinski definition) is 2. The molecule has 0 heterocycles. The molecule has 2 aromatic carbocycles. The number of nitrogens with one attached hydrogen (secondary N) is 1. The van der Waals surface area contributed by atoms with Crippen LogP contribution in [-0.2, 0) is 10.0 Å². The molecule has 0 saturated carbocycles. The van der Waals surface area contributed by atoms with E-state index in [1.165, 1.54) is 6.07 Å². The summed E-state index contributed by atoms with van der Waals surface area (Å²) in [6, 6.07) is 10.5. The van der Waals surface area contributed by atoms with Crippen LogP contribution in [-0.4, -0.2) is 19.5 Å². The molecule has 0 atom stereocenters. The third-order valence-corrected chi connectivity index (χ3v) is 5.19. The molecule has 0 unspecified atom stereocenters. The van der Waals surface area contributed by atoms with Gasteiger partial charge in [-0.2, -0.15) is 0 Å². The van der Waals surface area contributed by atoms with Gasteiger partial charge in [0.1, 0.15) is 0 Å². The zero-order valence-corrected chi connectivity index (χ0v) is 13.5. The topological polar surface area (TPSA) is 83.5 Å². The van der Waals surface area contributed by atoms with E-state index in [1.807, 2.05) is 0 Å². The number of benzene rings is 2. The monoisotopic (exact) mass is 389 g/mol. The van der Waals surface area contributed by atoms with Gasteiger partial charge in [-0.05, 0) is 40.2 Å². The quantitative estimate of drug-likeness (QED) is 0.835. The lowest BCUT2D eigenvalue weighted by Crippen LogP contribution is -2.14. The Bertz CT molecular complexity index is 793. The number of hydrogen-bond acceptors (Lipinski definition) is 3. The van der Waals surface area contributed by atoms with Crippen LogP contribution >= 0.6 is 27.5 Å². The Kier molecular flexibility index (Phi) is 4.55. The summed E-state index contributed by atoms with van der Waals surface area (Å²) in [6.45, 7) is 0. The fourth-order valence-electron chi connectivity index (χ4n) is 1.60. The second-order valence-electron chi connectivity index (χ2n) is 4.04. The summed E-state index contributed by atoms with van der Waals surface area (Å²) in [5, 5.41) is 9.00. The van der Waals surface area contributed by atoms with E-state index >= 15 is 0 Å². The summed E-state index contributed by atoms with van der Waals surface area (Å²) in [6.07, 6.45) is 0. The van der Waals surface area contributed by atoms with Gasteiger partial charge in [0.15, 0.2) is 0 Å². The van der Waals surface area contributed by atoms with Gasteiger partial charge < -0.3 is 5.11 Å². The largest absolute Gasteiger partial charge is 0.478 e. The van der Waals surface area contributed by atoms with Crippen LogP contribution in [0.25, 0.3) is 0 Å². The van der Waals surface area contributed by atoms with Gasteiger partial charge in [0.05, 0.1) is 15.5 Å². The zero-order valence-electron chi connectivity index (χ0n) is 10.4. The van der Waals surface area contributed by atoms with Crippen LogP contribution < -0.4 is 4.72 Å². The SMILES string of the molecule is O=C(O)c1cc(S(=O)(=O)Nc2ccccc2)cc(Br)c1Cl. The second-order valence-corrected chi connectivity index (χ2v) is 6.96. The molecule has 0 bridgehead atoms. The third-order valence-electron chi connectivity index (χ3n) is 2.57. The Morgan fingerprint density at radius 3 is 2.38 bits per heavy atom. The molecule has 0 saturated heterocycles. The second kappa shape index (κ2) is 6.05. The Labute approximate surface area is 134 Å². The summed E-state index contributed by atoms with van der Waals surface area (Å²) in [5.41, 5.74) is 0.0833. The Morgan fingerprint density at radius 1 is 1.19 bits per heavy atom. The maximum atomic E-state index is 12.3. The van der Waals surface area contributed by atoms with E-state index in [1.54, 1.807) is 30.3 Å². The first-order valence-electron chi connectivity index (χ1n) is 5.61. The molecule has 0 aromatic heterocycles. The highest BCUT2D eigenvalue weighted by molar-refractivity contribution is 9.10. The number of carboxylic acid groups (broad SMARTS) is 1.